The van der Waals surface area contributed by atoms with Crippen LogP contribution in [0.15, 0.2) is 54.6 Å². The Labute approximate surface area is 253 Å². The van der Waals surface area contributed by atoms with Crippen LogP contribution in [0.3, 0.4) is 0 Å². The SMILES string of the molecule is CN(CCC=C1c2ccccc2CCc2ccccc21)C(C(=O)O)C(=O)NC(CCS)C1CC(=O)N(CC(=O)P)C1=O. The summed E-state index contributed by atoms with van der Waals surface area (Å²) < 4.78 is 0. The fraction of sp³-hybridized carbons (Fsp3) is 0.387. The number of benzene rings is 2. The minimum Gasteiger partial charge on any atom is -0.480 e. The van der Waals surface area contributed by atoms with Crippen molar-refractivity contribution in [3.05, 3.63) is 76.9 Å². The van der Waals surface area contributed by atoms with E-state index in [1.54, 1.807) is 7.05 Å². The number of rotatable bonds is 12. The summed E-state index contributed by atoms with van der Waals surface area (Å²) in [6.07, 6.45) is 4.55. The third kappa shape index (κ3) is 7.17. The van der Waals surface area contributed by atoms with E-state index in [0.717, 1.165) is 34.4 Å². The summed E-state index contributed by atoms with van der Waals surface area (Å²) in [5.41, 5.74) is 5.50. The molecule has 3 amide bonds. The molecule has 2 aliphatic rings. The molecule has 9 nitrogen and oxygen atoms in total. The molecule has 0 spiro atoms. The van der Waals surface area contributed by atoms with Crippen LogP contribution in [0.1, 0.15) is 41.5 Å². The number of thiol groups is 1. The lowest BCUT2D eigenvalue weighted by atomic mass is 9.93. The Morgan fingerprint density at radius 3 is 2.24 bits per heavy atom. The average Bonchev–Trinajstić information content (AvgIpc) is 3.12. The number of likely N-dealkylation sites (tertiary alicyclic amines) is 1. The van der Waals surface area contributed by atoms with Crippen molar-refractivity contribution in [2.45, 2.75) is 44.2 Å². The first-order valence-electron chi connectivity index (χ1n) is 14.0. The molecule has 1 aliphatic carbocycles. The fourth-order valence-electron chi connectivity index (χ4n) is 5.80. The molecular weight excluding hydrogens is 573 g/mol. The van der Waals surface area contributed by atoms with Crippen LogP contribution in [0, 0.1) is 5.92 Å². The number of carboxylic acid groups (broad SMARTS) is 1. The molecule has 4 unspecified atom stereocenters. The van der Waals surface area contributed by atoms with E-state index in [9.17, 15) is 29.1 Å². The number of fused-ring (bicyclic) bond motifs is 2. The maximum Gasteiger partial charge on any atom is 0.330 e. The van der Waals surface area contributed by atoms with Crippen LogP contribution in [-0.4, -0.2) is 82.1 Å². The minimum atomic E-state index is -1.50. The Morgan fingerprint density at radius 1 is 1.10 bits per heavy atom. The number of nitrogens with one attached hydrogen (secondary N) is 1. The van der Waals surface area contributed by atoms with Crippen molar-refractivity contribution < 1.29 is 29.1 Å². The highest BCUT2D eigenvalue weighted by Crippen LogP contribution is 2.33. The predicted octanol–water partition coefficient (Wildman–Crippen LogP) is 2.57. The maximum absolute atomic E-state index is 13.3. The first-order valence-corrected chi connectivity index (χ1v) is 15.2. The Morgan fingerprint density at radius 2 is 1.69 bits per heavy atom. The van der Waals surface area contributed by atoms with Gasteiger partial charge in [0.15, 0.2) is 11.6 Å². The molecule has 2 N–H and O–H groups in total. The zero-order valence-corrected chi connectivity index (χ0v) is 25.5. The van der Waals surface area contributed by atoms with Gasteiger partial charge in [-0.1, -0.05) is 63.8 Å². The second-order valence-corrected chi connectivity index (χ2v) is 11.8. The zero-order valence-electron chi connectivity index (χ0n) is 23.5. The zero-order chi connectivity index (χ0) is 30.4. The van der Waals surface area contributed by atoms with Gasteiger partial charge in [0.05, 0.1) is 12.5 Å². The van der Waals surface area contributed by atoms with Gasteiger partial charge in [-0.2, -0.15) is 12.6 Å². The van der Waals surface area contributed by atoms with Crippen LogP contribution in [0.5, 0.6) is 0 Å². The van der Waals surface area contributed by atoms with Gasteiger partial charge >= 0.3 is 5.97 Å². The molecule has 0 aromatic heterocycles. The first kappa shape index (κ1) is 31.6. The largest absolute Gasteiger partial charge is 0.480 e. The highest BCUT2D eigenvalue weighted by atomic mass is 32.1. The number of imide groups is 1. The predicted molar refractivity (Wildman–Crippen MR) is 166 cm³/mol. The summed E-state index contributed by atoms with van der Waals surface area (Å²) in [6, 6.07) is 14.3. The second kappa shape index (κ2) is 14.2. The molecule has 1 fully saturated rings. The third-order valence-electron chi connectivity index (χ3n) is 7.88. The lowest BCUT2D eigenvalue weighted by Crippen LogP contribution is -2.54. The summed E-state index contributed by atoms with van der Waals surface area (Å²) in [6.45, 7) is -0.0638. The number of aryl methyl sites for hydroxylation is 2. The van der Waals surface area contributed by atoms with Gasteiger partial charge in [-0.15, -0.1) is 0 Å². The molecule has 1 saturated heterocycles. The van der Waals surface area contributed by atoms with Gasteiger partial charge in [0.1, 0.15) is 0 Å². The van der Waals surface area contributed by atoms with E-state index in [-0.39, 0.29) is 19.4 Å². The highest BCUT2D eigenvalue weighted by Gasteiger charge is 2.44. The number of nitrogens with zero attached hydrogens (tertiary/aromatic N) is 2. The quantitative estimate of drug-likeness (QED) is 0.146. The van der Waals surface area contributed by atoms with Crippen molar-refractivity contribution in [2.75, 3.05) is 25.9 Å². The van der Waals surface area contributed by atoms with Crippen molar-refractivity contribution >= 4 is 56.7 Å². The summed E-state index contributed by atoms with van der Waals surface area (Å²) in [5.74, 6) is -3.73. The normalized spacial score (nSPS) is 17.8. The summed E-state index contributed by atoms with van der Waals surface area (Å²) >= 11 is 4.23. The highest BCUT2D eigenvalue weighted by molar-refractivity contribution is 7.80. The van der Waals surface area contributed by atoms with Crippen LogP contribution < -0.4 is 5.32 Å². The van der Waals surface area contributed by atoms with E-state index in [0.29, 0.717) is 18.7 Å². The standard InChI is InChI=1S/C31H36N3O6PS/c1-33(15-6-11-23-21-9-4-2-7-19(21)12-13-20-8-3-5-10-22(20)23)28(31(39)40)29(37)32-25(14-16-42)24-17-26(35)34(30(24)38)18-27(36)41/h2-5,7-11,24-25,28,42H,6,12-18,41H2,1H3,(H,32,37)(H,39,40). The van der Waals surface area contributed by atoms with Crippen molar-refractivity contribution in [3.8, 4) is 0 Å². The Balaban J connectivity index is 1.49. The van der Waals surface area contributed by atoms with Crippen molar-refractivity contribution in [2.24, 2.45) is 5.92 Å². The first-order chi connectivity index (χ1) is 20.1. The summed E-state index contributed by atoms with van der Waals surface area (Å²) in [5, 5.41) is 12.7. The number of hydrogen-bond donors (Lipinski definition) is 3. The summed E-state index contributed by atoms with van der Waals surface area (Å²) in [7, 11) is 3.51. The summed E-state index contributed by atoms with van der Waals surface area (Å²) in [4.78, 5) is 64.8. The van der Waals surface area contributed by atoms with Crippen molar-refractivity contribution in [1.82, 2.24) is 15.1 Å². The van der Waals surface area contributed by atoms with E-state index < -0.39 is 47.2 Å². The van der Waals surface area contributed by atoms with Gasteiger partial charge in [0.2, 0.25) is 17.7 Å². The third-order valence-corrected chi connectivity index (χ3v) is 8.32. The van der Waals surface area contributed by atoms with E-state index in [4.69, 9.17) is 0 Å². The van der Waals surface area contributed by atoms with Gasteiger partial charge in [-0.3, -0.25) is 29.0 Å². The smallest absolute Gasteiger partial charge is 0.330 e. The van der Waals surface area contributed by atoms with Crippen molar-refractivity contribution in [3.63, 3.8) is 0 Å². The number of aliphatic carboxylic acids is 1. The number of likely N-dealkylation sites (N-methyl/N-ethyl adjacent to an activating group) is 1. The topological polar surface area (TPSA) is 124 Å². The number of hydrogen-bond acceptors (Lipinski definition) is 7. The minimum absolute atomic E-state index is 0.167. The number of carbonyl (C=O) groups excluding carboxylic acids is 4. The second-order valence-electron chi connectivity index (χ2n) is 10.7. The molecule has 2 aromatic carbocycles. The fourth-order valence-corrected chi connectivity index (χ4v) is 6.26. The van der Waals surface area contributed by atoms with Crippen molar-refractivity contribution in [1.29, 1.82) is 0 Å². The van der Waals surface area contributed by atoms with Crippen LogP contribution in [-0.2, 0) is 36.8 Å². The van der Waals surface area contributed by atoms with Crippen LogP contribution in [0.2, 0.25) is 0 Å². The van der Waals surface area contributed by atoms with Gasteiger partial charge in [0.25, 0.3) is 0 Å². The van der Waals surface area contributed by atoms with Gasteiger partial charge in [-0.05, 0) is 66.3 Å². The van der Waals surface area contributed by atoms with Crippen LogP contribution in [0.4, 0.5) is 0 Å². The molecule has 222 valence electrons. The lowest BCUT2D eigenvalue weighted by molar-refractivity contribution is -0.148. The Bertz CT molecular complexity index is 1360. The van der Waals surface area contributed by atoms with E-state index in [2.05, 4.69) is 48.3 Å². The molecule has 0 radical (unpaired) electrons. The van der Waals surface area contributed by atoms with Gasteiger partial charge in [-0.25, -0.2) is 4.79 Å². The molecule has 1 heterocycles. The molecule has 2 aromatic rings. The van der Waals surface area contributed by atoms with Crippen LogP contribution >= 0.6 is 21.9 Å². The van der Waals surface area contributed by atoms with E-state index >= 15 is 0 Å². The molecule has 0 bridgehead atoms. The molecular formula is C31H36N3O6PS. The lowest BCUT2D eigenvalue weighted by Gasteiger charge is -2.28. The molecule has 1 aliphatic heterocycles. The average molecular weight is 610 g/mol. The maximum atomic E-state index is 13.3. The molecule has 11 heteroatoms. The van der Waals surface area contributed by atoms with E-state index in [1.165, 1.54) is 16.0 Å². The van der Waals surface area contributed by atoms with Crippen LogP contribution in [0.25, 0.3) is 5.57 Å². The Kier molecular flexibility index (Phi) is 10.7. The molecule has 42 heavy (non-hydrogen) atoms. The molecule has 0 saturated carbocycles. The molecule has 4 atom stereocenters. The monoisotopic (exact) mass is 609 g/mol. The molecule has 4 rings (SSSR count). The van der Waals surface area contributed by atoms with Gasteiger partial charge < -0.3 is 10.4 Å². The van der Waals surface area contributed by atoms with E-state index in [1.807, 2.05) is 33.5 Å². The number of amides is 3. The number of carbonyl (C=O) groups is 5. The number of carboxylic acids is 1. The Hall–Kier alpha value is -3.33. The van der Waals surface area contributed by atoms with Gasteiger partial charge in [0, 0.05) is 19.0 Å².